The van der Waals surface area contributed by atoms with E-state index in [1.165, 1.54) is 10.9 Å². The van der Waals surface area contributed by atoms with Gasteiger partial charge in [-0.05, 0) is 12.8 Å². The Kier molecular flexibility index (Phi) is 1.33. The summed E-state index contributed by atoms with van der Waals surface area (Å²) in [6, 6.07) is 2.18. The lowest BCUT2D eigenvalue weighted by molar-refractivity contribution is 0.537. The summed E-state index contributed by atoms with van der Waals surface area (Å²) < 4.78 is 1.50. The number of nitriles is 1. The summed E-state index contributed by atoms with van der Waals surface area (Å²) in [5.74, 6) is 0. The molecule has 12 heavy (non-hydrogen) atoms. The first-order valence-electron chi connectivity index (χ1n) is 3.60. The molecule has 0 unspecified atom stereocenters. The van der Waals surface area contributed by atoms with Crippen molar-refractivity contribution >= 4 is 17.3 Å². The largest absolute Gasteiger partial charge is 0.395 e. The third-order valence-corrected chi connectivity index (χ3v) is 2.45. The van der Waals surface area contributed by atoms with Crippen LogP contribution in [0.3, 0.4) is 0 Å². The molecule has 1 fully saturated rings. The quantitative estimate of drug-likeness (QED) is 0.708. The Labute approximate surface area is 74.5 Å². The summed E-state index contributed by atoms with van der Waals surface area (Å²) >= 11 is 5.84. The van der Waals surface area contributed by atoms with Crippen molar-refractivity contribution in [3.8, 4) is 6.07 Å². The molecule has 0 radical (unpaired) electrons. The number of nitrogens with two attached hydrogens (primary N) is 1. The second-order valence-corrected chi connectivity index (χ2v) is 3.30. The highest BCUT2D eigenvalue weighted by Crippen LogP contribution is 2.44. The number of hydrogen-bond acceptors (Lipinski definition) is 3. The summed E-state index contributed by atoms with van der Waals surface area (Å²) in [6.07, 6.45) is 3.09. The van der Waals surface area contributed by atoms with Crippen LogP contribution >= 0.6 is 11.6 Å². The zero-order valence-electron chi connectivity index (χ0n) is 6.29. The average Bonchev–Trinajstić information content (AvgIpc) is 2.79. The molecule has 5 heteroatoms. The highest BCUT2D eigenvalue weighted by molar-refractivity contribution is 6.32. The predicted molar refractivity (Wildman–Crippen MR) is 44.5 cm³/mol. The number of nitrogen functional groups attached to an aromatic ring is 1. The van der Waals surface area contributed by atoms with Crippen molar-refractivity contribution in [3.05, 3.63) is 11.3 Å². The van der Waals surface area contributed by atoms with Gasteiger partial charge >= 0.3 is 0 Å². The molecular weight excluding hydrogens is 176 g/mol. The Morgan fingerprint density at radius 1 is 1.75 bits per heavy atom. The zero-order valence-corrected chi connectivity index (χ0v) is 7.04. The van der Waals surface area contributed by atoms with E-state index in [1.807, 2.05) is 0 Å². The summed E-state index contributed by atoms with van der Waals surface area (Å²) in [5.41, 5.74) is 5.42. The normalized spacial score (nSPS) is 18.7. The van der Waals surface area contributed by atoms with Gasteiger partial charge in [0, 0.05) is 0 Å². The third-order valence-electron chi connectivity index (χ3n) is 2.07. The molecule has 0 spiro atoms. The van der Waals surface area contributed by atoms with Crippen LogP contribution in [0.2, 0.25) is 5.15 Å². The Morgan fingerprint density at radius 2 is 2.42 bits per heavy atom. The molecule has 2 rings (SSSR count). The van der Waals surface area contributed by atoms with Crippen LogP contribution in [0.25, 0.3) is 0 Å². The average molecular weight is 183 g/mol. The molecule has 0 saturated heterocycles. The maximum atomic E-state index is 8.83. The van der Waals surface area contributed by atoms with E-state index in [4.69, 9.17) is 22.6 Å². The third kappa shape index (κ3) is 0.802. The zero-order chi connectivity index (χ0) is 8.77. The minimum atomic E-state index is -0.505. The number of anilines is 1. The first-order chi connectivity index (χ1) is 5.69. The Bertz CT molecular complexity index is 358. The second-order valence-electron chi connectivity index (χ2n) is 2.95. The van der Waals surface area contributed by atoms with Gasteiger partial charge in [0.2, 0.25) is 0 Å². The van der Waals surface area contributed by atoms with Crippen LogP contribution in [0.1, 0.15) is 12.8 Å². The fourth-order valence-corrected chi connectivity index (χ4v) is 1.39. The van der Waals surface area contributed by atoms with Crippen molar-refractivity contribution in [1.29, 1.82) is 5.26 Å². The van der Waals surface area contributed by atoms with E-state index in [-0.39, 0.29) is 0 Å². The van der Waals surface area contributed by atoms with Gasteiger partial charge in [0.25, 0.3) is 0 Å². The van der Waals surface area contributed by atoms with Crippen LogP contribution in [0, 0.1) is 11.3 Å². The monoisotopic (exact) mass is 182 g/mol. The van der Waals surface area contributed by atoms with Crippen LogP contribution in [-0.2, 0) is 5.54 Å². The molecule has 0 aromatic carbocycles. The first-order valence-corrected chi connectivity index (χ1v) is 3.98. The van der Waals surface area contributed by atoms with Crippen molar-refractivity contribution in [3.63, 3.8) is 0 Å². The van der Waals surface area contributed by atoms with E-state index in [0.29, 0.717) is 10.8 Å². The molecule has 0 bridgehead atoms. The maximum absolute atomic E-state index is 8.83. The molecule has 1 aliphatic rings. The van der Waals surface area contributed by atoms with Crippen LogP contribution < -0.4 is 5.73 Å². The van der Waals surface area contributed by atoms with Crippen LogP contribution in [0.4, 0.5) is 5.69 Å². The molecule has 62 valence electrons. The molecule has 2 N–H and O–H groups in total. The lowest BCUT2D eigenvalue weighted by Gasteiger charge is -2.06. The van der Waals surface area contributed by atoms with Gasteiger partial charge < -0.3 is 5.73 Å². The minimum absolute atomic E-state index is 0.369. The number of hydrogen-bond donors (Lipinski definition) is 1. The minimum Gasteiger partial charge on any atom is -0.395 e. The molecule has 1 aromatic heterocycles. The highest BCUT2D eigenvalue weighted by atomic mass is 35.5. The lowest BCUT2D eigenvalue weighted by Crippen LogP contribution is -2.16. The van der Waals surface area contributed by atoms with Crippen molar-refractivity contribution in [2.75, 3.05) is 5.73 Å². The van der Waals surface area contributed by atoms with E-state index in [1.54, 1.807) is 0 Å². The summed E-state index contributed by atoms with van der Waals surface area (Å²) in [6.45, 7) is 0. The Hall–Kier alpha value is -1.21. The van der Waals surface area contributed by atoms with Gasteiger partial charge in [-0.3, -0.25) is 0 Å². The Balaban J connectivity index is 2.49. The molecule has 1 saturated carbocycles. The smallest absolute Gasteiger partial charge is 0.151 e. The van der Waals surface area contributed by atoms with Crippen molar-refractivity contribution in [2.45, 2.75) is 18.4 Å². The van der Waals surface area contributed by atoms with Gasteiger partial charge in [-0.15, -0.1) is 0 Å². The summed E-state index contributed by atoms with van der Waals surface area (Å²) in [7, 11) is 0. The molecule has 0 atom stereocenters. The first kappa shape index (κ1) is 7.44. The van der Waals surface area contributed by atoms with E-state index in [2.05, 4.69) is 11.2 Å². The fraction of sp³-hybridized carbons (Fsp3) is 0.429. The number of aromatic nitrogens is 2. The molecule has 0 aliphatic heterocycles. The molecule has 1 heterocycles. The maximum Gasteiger partial charge on any atom is 0.151 e. The Morgan fingerprint density at radius 3 is 2.75 bits per heavy atom. The number of nitrogens with zero attached hydrogens (tertiary/aromatic N) is 3. The van der Waals surface area contributed by atoms with Gasteiger partial charge in [0.1, 0.15) is 0 Å². The molecular formula is C7H7ClN4. The fourth-order valence-electron chi connectivity index (χ4n) is 1.13. The SMILES string of the molecule is N#CC1(n2ncc(N)c2Cl)CC1. The van der Waals surface area contributed by atoms with Crippen LogP contribution in [0.15, 0.2) is 6.20 Å². The van der Waals surface area contributed by atoms with Gasteiger partial charge in [0.15, 0.2) is 10.7 Å². The van der Waals surface area contributed by atoms with E-state index >= 15 is 0 Å². The lowest BCUT2D eigenvalue weighted by atomic mass is 10.3. The van der Waals surface area contributed by atoms with Gasteiger partial charge in [-0.1, -0.05) is 11.6 Å². The molecule has 1 aromatic rings. The van der Waals surface area contributed by atoms with E-state index in [0.717, 1.165) is 12.8 Å². The van der Waals surface area contributed by atoms with Gasteiger partial charge in [-0.2, -0.15) is 10.4 Å². The van der Waals surface area contributed by atoms with Gasteiger partial charge in [0.05, 0.1) is 18.0 Å². The number of halogens is 1. The summed E-state index contributed by atoms with van der Waals surface area (Å²) in [5, 5.41) is 13.2. The topological polar surface area (TPSA) is 67.6 Å². The van der Waals surface area contributed by atoms with E-state index < -0.39 is 5.54 Å². The highest BCUT2D eigenvalue weighted by Gasteiger charge is 2.47. The van der Waals surface area contributed by atoms with Crippen LogP contribution in [0.5, 0.6) is 0 Å². The number of rotatable bonds is 1. The molecule has 0 amide bonds. The van der Waals surface area contributed by atoms with E-state index in [9.17, 15) is 0 Å². The predicted octanol–water partition coefficient (Wildman–Crippen LogP) is 1.13. The second kappa shape index (κ2) is 2.14. The van der Waals surface area contributed by atoms with Crippen molar-refractivity contribution < 1.29 is 0 Å². The van der Waals surface area contributed by atoms with Gasteiger partial charge in [-0.25, -0.2) is 4.68 Å². The summed E-state index contributed by atoms with van der Waals surface area (Å²) in [4.78, 5) is 0. The standard InChI is InChI=1S/C7H7ClN4/c8-6-5(10)3-11-12(6)7(4-9)1-2-7/h3H,1-2,10H2. The van der Waals surface area contributed by atoms with Crippen molar-refractivity contribution in [1.82, 2.24) is 9.78 Å². The molecule has 4 nitrogen and oxygen atoms in total. The van der Waals surface area contributed by atoms with Crippen molar-refractivity contribution in [2.24, 2.45) is 0 Å². The van der Waals surface area contributed by atoms with Crippen LogP contribution in [-0.4, -0.2) is 9.78 Å². The molecule has 1 aliphatic carbocycles.